The fourth-order valence-corrected chi connectivity index (χ4v) is 3.92. The molecule has 0 saturated carbocycles. The van der Waals surface area contributed by atoms with Crippen molar-refractivity contribution in [3.8, 4) is 11.5 Å². The highest BCUT2D eigenvalue weighted by atomic mass is 127. The summed E-state index contributed by atoms with van der Waals surface area (Å²) >= 11 is 1.77. The summed E-state index contributed by atoms with van der Waals surface area (Å²) in [5.41, 5.74) is 1.09. The molecule has 0 aliphatic carbocycles. The first kappa shape index (κ1) is 24.2. The van der Waals surface area contributed by atoms with Crippen LogP contribution >= 0.6 is 35.3 Å². The van der Waals surface area contributed by atoms with Gasteiger partial charge in [0.25, 0.3) is 0 Å². The van der Waals surface area contributed by atoms with Crippen molar-refractivity contribution in [1.82, 2.24) is 15.6 Å². The van der Waals surface area contributed by atoms with Gasteiger partial charge in [0.15, 0.2) is 17.5 Å². The molecule has 3 rings (SSSR count). The van der Waals surface area contributed by atoms with E-state index >= 15 is 0 Å². The quantitative estimate of drug-likeness (QED) is 0.181. The molecular formula is C22H29IN4O2S. The Kier molecular flexibility index (Phi) is 10.2. The number of fused-ring (bicyclic) bond motifs is 1. The normalized spacial score (nSPS) is 12.2. The number of aryl methyl sites for hydroxylation is 1. The lowest BCUT2D eigenvalue weighted by molar-refractivity contribution is 0.213. The Morgan fingerprint density at radius 1 is 1.10 bits per heavy atom. The van der Waals surface area contributed by atoms with Gasteiger partial charge in [-0.05, 0) is 37.6 Å². The van der Waals surface area contributed by atoms with E-state index in [0.717, 1.165) is 42.4 Å². The number of benzene rings is 2. The van der Waals surface area contributed by atoms with Crippen LogP contribution in [0.15, 0.2) is 53.5 Å². The van der Waals surface area contributed by atoms with Crippen LogP contribution in [0.5, 0.6) is 11.5 Å². The number of nitrogens with zero attached hydrogens (tertiary/aromatic N) is 2. The molecule has 1 atom stereocenters. The first-order chi connectivity index (χ1) is 14.2. The number of nitrogens with one attached hydrogen (secondary N) is 2. The van der Waals surface area contributed by atoms with E-state index in [9.17, 15) is 0 Å². The summed E-state index contributed by atoms with van der Waals surface area (Å²) in [4.78, 5) is 8.96. The summed E-state index contributed by atoms with van der Waals surface area (Å²) in [6.07, 6.45) is 1.91. The topological polar surface area (TPSA) is 67.8 Å². The van der Waals surface area contributed by atoms with Crippen molar-refractivity contribution in [3.05, 3.63) is 53.5 Å². The Hall–Kier alpha value is -2.07. The van der Waals surface area contributed by atoms with E-state index in [0.29, 0.717) is 6.54 Å². The Balaban J connectivity index is 0.00000320. The van der Waals surface area contributed by atoms with E-state index < -0.39 is 0 Å². The van der Waals surface area contributed by atoms with Crippen molar-refractivity contribution < 1.29 is 9.47 Å². The number of guanidine groups is 1. The van der Waals surface area contributed by atoms with Crippen molar-refractivity contribution >= 4 is 51.5 Å². The SMILES string of the molecule is CN=C(NCCCc1nc2ccccc2s1)NCC(C)Oc1ccccc1OC.I. The second-order valence-corrected chi connectivity index (χ2v) is 7.75. The van der Waals surface area contributed by atoms with Crippen LogP contribution in [0.25, 0.3) is 10.2 Å². The summed E-state index contributed by atoms with van der Waals surface area (Å²) in [5.74, 6) is 2.24. The minimum Gasteiger partial charge on any atom is -0.493 e. The Labute approximate surface area is 199 Å². The number of hydrogen-bond donors (Lipinski definition) is 2. The van der Waals surface area contributed by atoms with Crippen LogP contribution in [0.4, 0.5) is 0 Å². The van der Waals surface area contributed by atoms with Crippen LogP contribution in [0.1, 0.15) is 18.4 Å². The van der Waals surface area contributed by atoms with E-state index in [1.54, 1.807) is 25.5 Å². The molecule has 0 bridgehead atoms. The van der Waals surface area contributed by atoms with Crippen LogP contribution in [0.2, 0.25) is 0 Å². The first-order valence-corrected chi connectivity index (χ1v) is 10.6. The highest BCUT2D eigenvalue weighted by Crippen LogP contribution is 2.26. The third kappa shape index (κ3) is 7.02. The molecule has 0 aliphatic rings. The third-order valence-electron chi connectivity index (χ3n) is 4.38. The van der Waals surface area contributed by atoms with E-state index in [1.165, 1.54) is 9.71 Å². The van der Waals surface area contributed by atoms with Gasteiger partial charge >= 0.3 is 0 Å². The molecular weight excluding hydrogens is 511 g/mol. The molecule has 0 amide bonds. The molecule has 6 nitrogen and oxygen atoms in total. The standard InChI is InChI=1S/C22H28N4O2S.HI/c1-16(28-19-11-6-5-10-18(19)27-3)15-25-22(23-2)24-14-8-13-21-26-17-9-4-7-12-20(17)29-21;/h4-7,9-12,16H,8,13-15H2,1-3H3,(H2,23,24,25);1H. The Morgan fingerprint density at radius 2 is 1.83 bits per heavy atom. The molecule has 162 valence electrons. The van der Waals surface area contributed by atoms with Gasteiger partial charge in [-0.1, -0.05) is 24.3 Å². The number of thiazole rings is 1. The van der Waals surface area contributed by atoms with Gasteiger partial charge in [-0.15, -0.1) is 35.3 Å². The van der Waals surface area contributed by atoms with Crippen LogP contribution < -0.4 is 20.1 Å². The van der Waals surface area contributed by atoms with Crippen LogP contribution in [0.3, 0.4) is 0 Å². The molecule has 0 aliphatic heterocycles. The summed E-state index contributed by atoms with van der Waals surface area (Å²) in [7, 11) is 3.42. The number of ether oxygens (including phenoxy) is 2. The van der Waals surface area contributed by atoms with Crippen molar-refractivity contribution in [2.75, 3.05) is 27.2 Å². The molecule has 2 N–H and O–H groups in total. The molecule has 8 heteroatoms. The van der Waals surface area contributed by atoms with Crippen molar-refractivity contribution in [2.24, 2.45) is 4.99 Å². The summed E-state index contributed by atoms with van der Waals surface area (Å²) in [5, 5.41) is 7.83. The number of para-hydroxylation sites is 3. The van der Waals surface area contributed by atoms with Crippen LogP contribution in [0, 0.1) is 0 Å². The first-order valence-electron chi connectivity index (χ1n) is 9.78. The average molecular weight is 540 g/mol. The molecule has 0 fully saturated rings. The molecule has 30 heavy (non-hydrogen) atoms. The fraction of sp³-hybridized carbons (Fsp3) is 0.364. The minimum atomic E-state index is -0.0346. The van der Waals surface area contributed by atoms with Crippen molar-refractivity contribution in [2.45, 2.75) is 25.9 Å². The zero-order valence-corrected chi connectivity index (χ0v) is 20.7. The second kappa shape index (κ2) is 12.6. The van der Waals surface area contributed by atoms with E-state index in [1.807, 2.05) is 37.3 Å². The van der Waals surface area contributed by atoms with E-state index in [2.05, 4.69) is 38.8 Å². The predicted octanol–water partition coefficient (Wildman–Crippen LogP) is 4.49. The highest BCUT2D eigenvalue weighted by Gasteiger charge is 2.09. The average Bonchev–Trinajstić information content (AvgIpc) is 3.16. The molecule has 2 aromatic carbocycles. The van der Waals surface area contributed by atoms with E-state index in [-0.39, 0.29) is 30.1 Å². The largest absolute Gasteiger partial charge is 0.493 e. The van der Waals surface area contributed by atoms with Crippen molar-refractivity contribution in [3.63, 3.8) is 0 Å². The summed E-state index contributed by atoms with van der Waals surface area (Å²) in [6.45, 7) is 3.48. The Bertz CT molecular complexity index is 915. The van der Waals surface area contributed by atoms with Gasteiger partial charge < -0.3 is 20.1 Å². The molecule has 0 spiro atoms. The second-order valence-electron chi connectivity index (χ2n) is 6.64. The lowest BCUT2D eigenvalue weighted by Gasteiger charge is -2.19. The van der Waals surface area contributed by atoms with Crippen LogP contribution in [-0.4, -0.2) is 44.3 Å². The molecule has 0 saturated heterocycles. The van der Waals surface area contributed by atoms with Gasteiger partial charge in [0, 0.05) is 20.0 Å². The van der Waals surface area contributed by atoms with Gasteiger partial charge in [-0.3, -0.25) is 4.99 Å². The zero-order chi connectivity index (χ0) is 20.5. The van der Waals surface area contributed by atoms with Gasteiger partial charge in [0.05, 0.1) is 28.9 Å². The lowest BCUT2D eigenvalue weighted by atomic mass is 10.3. The zero-order valence-electron chi connectivity index (χ0n) is 17.6. The number of aromatic nitrogens is 1. The number of aliphatic imine (C=N–C) groups is 1. The maximum atomic E-state index is 5.97. The summed E-state index contributed by atoms with van der Waals surface area (Å²) in [6, 6.07) is 15.9. The lowest BCUT2D eigenvalue weighted by Crippen LogP contribution is -2.42. The molecule has 1 heterocycles. The van der Waals surface area contributed by atoms with Gasteiger partial charge in [-0.25, -0.2) is 4.98 Å². The molecule has 1 unspecified atom stereocenters. The number of halogens is 1. The smallest absolute Gasteiger partial charge is 0.191 e. The highest BCUT2D eigenvalue weighted by molar-refractivity contribution is 14.0. The van der Waals surface area contributed by atoms with Crippen molar-refractivity contribution in [1.29, 1.82) is 0 Å². The maximum Gasteiger partial charge on any atom is 0.191 e. The number of hydrogen-bond acceptors (Lipinski definition) is 5. The van der Waals surface area contributed by atoms with E-state index in [4.69, 9.17) is 9.47 Å². The minimum absolute atomic E-state index is 0. The summed E-state index contributed by atoms with van der Waals surface area (Å²) < 4.78 is 12.5. The number of rotatable bonds is 9. The predicted molar refractivity (Wildman–Crippen MR) is 136 cm³/mol. The molecule has 1 aromatic heterocycles. The molecule has 0 radical (unpaired) electrons. The Morgan fingerprint density at radius 3 is 2.57 bits per heavy atom. The molecule has 3 aromatic rings. The number of methoxy groups -OCH3 is 1. The van der Waals surface area contributed by atoms with Gasteiger partial charge in [0.2, 0.25) is 0 Å². The third-order valence-corrected chi connectivity index (χ3v) is 5.47. The fourth-order valence-electron chi connectivity index (χ4n) is 2.91. The van der Waals surface area contributed by atoms with Crippen LogP contribution in [-0.2, 0) is 6.42 Å². The van der Waals surface area contributed by atoms with Gasteiger partial charge in [-0.2, -0.15) is 0 Å². The monoisotopic (exact) mass is 540 g/mol. The maximum absolute atomic E-state index is 5.97. The van der Waals surface area contributed by atoms with Gasteiger partial charge in [0.1, 0.15) is 6.10 Å².